The van der Waals surface area contributed by atoms with Crippen LogP contribution >= 0.6 is 15.6 Å². The molecule has 0 amide bonds. The van der Waals surface area contributed by atoms with E-state index in [0.717, 1.165) is 102 Å². The summed E-state index contributed by atoms with van der Waals surface area (Å²) in [5, 5.41) is 10.7. The van der Waals surface area contributed by atoms with Crippen molar-refractivity contribution in [3.63, 3.8) is 0 Å². The molecule has 0 rings (SSSR count). The molecular formula is C83H162O17P2. The number of carbonyl (C=O) groups is 4. The number of aliphatic hydroxyl groups excluding tert-OH is 1. The molecule has 606 valence electrons. The van der Waals surface area contributed by atoms with E-state index in [4.69, 9.17) is 37.0 Å². The van der Waals surface area contributed by atoms with Gasteiger partial charge >= 0.3 is 39.5 Å². The van der Waals surface area contributed by atoms with Crippen LogP contribution < -0.4 is 0 Å². The standard InChI is InChI=1S/C83H162O17P2/c1-7-10-12-14-16-18-20-22-23-24-30-37-43-49-55-61-67-82(87)99-78(71-93-80(85)65-59-53-47-41-35-21-19-17-15-13-11-8-2)73-97-101(89,90)95-69-77(84)70-96-102(91,92)98-74-79(72-94-81(86)66-60-54-48-42-36-32-27-28-33-39-45-51-57-63-75(4)5)100-83(88)68-62-56-50-44-38-31-26-25-29-34-40-46-52-58-64-76(6)9-3/h75-79,84H,7-74H2,1-6H3,(H,89,90)(H,91,92)/t76?,77-,78+,79+/m0/s1. The molecule has 102 heavy (non-hydrogen) atoms. The highest BCUT2D eigenvalue weighted by Gasteiger charge is 2.30. The van der Waals surface area contributed by atoms with Gasteiger partial charge in [-0.1, -0.05) is 388 Å². The molecule has 0 saturated heterocycles. The molecule has 0 aliphatic carbocycles. The van der Waals surface area contributed by atoms with E-state index < -0.39 is 97.5 Å². The lowest BCUT2D eigenvalue weighted by Crippen LogP contribution is -2.30. The second-order valence-corrected chi connectivity index (χ2v) is 33.5. The van der Waals surface area contributed by atoms with Crippen molar-refractivity contribution in [2.75, 3.05) is 39.6 Å². The number of phosphoric ester groups is 2. The monoisotopic (exact) mass is 1490 g/mol. The van der Waals surface area contributed by atoms with Gasteiger partial charge in [0.1, 0.15) is 19.3 Å². The van der Waals surface area contributed by atoms with Gasteiger partial charge in [-0.25, -0.2) is 9.13 Å². The summed E-state index contributed by atoms with van der Waals surface area (Å²) >= 11 is 0. The fourth-order valence-corrected chi connectivity index (χ4v) is 14.4. The molecule has 0 saturated carbocycles. The Balaban J connectivity index is 5.27. The van der Waals surface area contributed by atoms with E-state index in [1.807, 2.05) is 0 Å². The smallest absolute Gasteiger partial charge is 0.462 e. The Morgan fingerprint density at radius 1 is 0.284 bits per heavy atom. The summed E-state index contributed by atoms with van der Waals surface area (Å²) in [5.74, 6) is -0.466. The van der Waals surface area contributed by atoms with Gasteiger partial charge in [-0.2, -0.15) is 0 Å². The zero-order chi connectivity index (χ0) is 74.9. The lowest BCUT2D eigenvalue weighted by Gasteiger charge is -2.21. The zero-order valence-electron chi connectivity index (χ0n) is 66.9. The minimum absolute atomic E-state index is 0.108. The van der Waals surface area contributed by atoms with E-state index in [0.29, 0.717) is 25.7 Å². The SMILES string of the molecule is CCCCCCCCCCCCCCCCCCC(=O)O[C@H](COC(=O)CCCCCCCCCCCCCC)COP(=O)(O)OC[C@H](O)COP(=O)(O)OC[C@@H](COC(=O)CCCCCCCCCCCCCCCC(C)C)OC(=O)CCCCCCCCCCCCCCCCC(C)CC. The average molecular weight is 1490 g/mol. The molecule has 0 fully saturated rings. The van der Waals surface area contributed by atoms with Crippen LogP contribution in [0.3, 0.4) is 0 Å². The van der Waals surface area contributed by atoms with E-state index in [9.17, 15) is 43.2 Å². The van der Waals surface area contributed by atoms with Crippen molar-refractivity contribution < 1.29 is 80.2 Å². The van der Waals surface area contributed by atoms with Gasteiger partial charge in [0.15, 0.2) is 12.2 Å². The quantitative estimate of drug-likeness (QED) is 0.0222. The number of aliphatic hydroxyl groups is 1. The van der Waals surface area contributed by atoms with Gasteiger partial charge in [-0.15, -0.1) is 0 Å². The fraction of sp³-hybridized carbons (Fsp3) is 0.952. The highest BCUT2D eigenvalue weighted by molar-refractivity contribution is 7.47. The lowest BCUT2D eigenvalue weighted by molar-refractivity contribution is -0.161. The molecule has 0 aromatic carbocycles. The number of unbranched alkanes of at least 4 members (excludes halogenated alkanes) is 51. The van der Waals surface area contributed by atoms with Gasteiger partial charge < -0.3 is 33.8 Å². The van der Waals surface area contributed by atoms with E-state index in [1.165, 1.54) is 257 Å². The molecular weight excluding hydrogens is 1330 g/mol. The summed E-state index contributed by atoms with van der Waals surface area (Å²) in [4.78, 5) is 73.2. The van der Waals surface area contributed by atoms with E-state index in [1.54, 1.807) is 0 Å². The third kappa shape index (κ3) is 74.9. The highest BCUT2D eigenvalue weighted by Crippen LogP contribution is 2.45. The largest absolute Gasteiger partial charge is 0.472 e. The van der Waals surface area contributed by atoms with Gasteiger partial charge in [-0.05, 0) is 37.5 Å². The first-order chi connectivity index (χ1) is 49.4. The topological polar surface area (TPSA) is 237 Å². The molecule has 0 bridgehead atoms. The van der Waals surface area contributed by atoms with Crippen LogP contribution in [0.25, 0.3) is 0 Å². The summed E-state index contributed by atoms with van der Waals surface area (Å²) in [7, 11) is -9.92. The molecule has 3 unspecified atom stereocenters. The minimum Gasteiger partial charge on any atom is -0.462 e. The number of esters is 4. The molecule has 3 N–H and O–H groups in total. The molecule has 0 aliphatic rings. The molecule has 0 heterocycles. The van der Waals surface area contributed by atoms with Crippen molar-refractivity contribution >= 4 is 39.5 Å². The van der Waals surface area contributed by atoms with Crippen LogP contribution in [-0.4, -0.2) is 96.7 Å². The number of hydrogen-bond donors (Lipinski definition) is 3. The van der Waals surface area contributed by atoms with Crippen LogP contribution in [0.2, 0.25) is 0 Å². The zero-order valence-corrected chi connectivity index (χ0v) is 68.7. The number of ether oxygens (including phenoxy) is 4. The number of carbonyl (C=O) groups excluding carboxylic acids is 4. The first kappa shape index (κ1) is 100. The fourth-order valence-electron chi connectivity index (χ4n) is 12.9. The maximum absolute atomic E-state index is 13.1. The average Bonchev–Trinajstić information content (AvgIpc) is 0.915. The number of rotatable bonds is 82. The van der Waals surface area contributed by atoms with Crippen molar-refractivity contribution in [3.05, 3.63) is 0 Å². The predicted octanol–water partition coefficient (Wildman–Crippen LogP) is 25.1. The Hall–Kier alpha value is -1.94. The van der Waals surface area contributed by atoms with Crippen molar-refractivity contribution in [1.29, 1.82) is 0 Å². The van der Waals surface area contributed by atoms with Gasteiger partial charge in [0.05, 0.1) is 26.4 Å². The molecule has 6 atom stereocenters. The molecule has 0 aliphatic heterocycles. The third-order valence-electron chi connectivity index (χ3n) is 19.8. The molecule has 17 nitrogen and oxygen atoms in total. The first-order valence-electron chi connectivity index (χ1n) is 43.0. The van der Waals surface area contributed by atoms with E-state index in [-0.39, 0.29) is 25.7 Å². The van der Waals surface area contributed by atoms with Crippen LogP contribution in [0.4, 0.5) is 0 Å². The summed E-state index contributed by atoms with van der Waals surface area (Å²) in [6.45, 7) is 9.73. The van der Waals surface area contributed by atoms with Gasteiger partial charge in [0, 0.05) is 25.7 Å². The van der Waals surface area contributed by atoms with Crippen molar-refractivity contribution in [2.45, 2.75) is 458 Å². The molecule has 0 radical (unpaired) electrons. The normalized spacial score (nSPS) is 14.1. The Labute approximate surface area is 626 Å². The van der Waals surface area contributed by atoms with Crippen molar-refractivity contribution in [2.24, 2.45) is 11.8 Å². The van der Waals surface area contributed by atoms with E-state index in [2.05, 4.69) is 41.5 Å². The summed E-state index contributed by atoms with van der Waals surface area (Å²) in [6.07, 6.45) is 64.9. The predicted molar refractivity (Wildman–Crippen MR) is 418 cm³/mol. The van der Waals surface area contributed by atoms with Crippen LogP contribution in [0.15, 0.2) is 0 Å². The van der Waals surface area contributed by atoms with Gasteiger partial charge in [0.2, 0.25) is 0 Å². The Kier molecular flexibility index (Phi) is 73.1. The number of hydrogen-bond acceptors (Lipinski definition) is 15. The maximum atomic E-state index is 13.1. The van der Waals surface area contributed by atoms with Gasteiger partial charge in [-0.3, -0.25) is 37.3 Å². The Morgan fingerprint density at radius 3 is 0.745 bits per heavy atom. The van der Waals surface area contributed by atoms with Crippen molar-refractivity contribution in [3.8, 4) is 0 Å². The summed E-state index contributed by atoms with van der Waals surface area (Å²) < 4.78 is 68.8. The molecule has 0 aromatic rings. The number of phosphoric acid groups is 2. The van der Waals surface area contributed by atoms with Crippen LogP contribution in [0.1, 0.15) is 440 Å². The molecule has 19 heteroatoms. The molecule has 0 aromatic heterocycles. The summed E-state index contributed by atoms with van der Waals surface area (Å²) in [6, 6.07) is 0. The van der Waals surface area contributed by atoms with Gasteiger partial charge in [0.25, 0.3) is 0 Å². The second kappa shape index (κ2) is 74.5. The van der Waals surface area contributed by atoms with Crippen molar-refractivity contribution in [1.82, 2.24) is 0 Å². The van der Waals surface area contributed by atoms with E-state index >= 15 is 0 Å². The first-order valence-corrected chi connectivity index (χ1v) is 46.0. The lowest BCUT2D eigenvalue weighted by atomic mass is 9.99. The third-order valence-corrected chi connectivity index (χ3v) is 21.7. The Bertz CT molecular complexity index is 1960. The Morgan fingerprint density at radius 2 is 0.500 bits per heavy atom. The molecule has 0 spiro atoms. The van der Waals surface area contributed by atoms with Crippen LogP contribution in [0, 0.1) is 11.8 Å². The maximum Gasteiger partial charge on any atom is 0.472 e. The highest BCUT2D eigenvalue weighted by atomic mass is 31.2. The minimum atomic E-state index is -4.96. The second-order valence-electron chi connectivity index (χ2n) is 30.6. The summed E-state index contributed by atoms with van der Waals surface area (Å²) in [5.41, 5.74) is 0. The van der Waals surface area contributed by atoms with Crippen LogP contribution in [-0.2, 0) is 65.4 Å². The van der Waals surface area contributed by atoms with Crippen LogP contribution in [0.5, 0.6) is 0 Å².